The second-order valence-electron chi connectivity index (χ2n) is 5.60. The molecule has 0 aliphatic carbocycles. The largest absolute Gasteiger partial charge is 0.355 e. The Morgan fingerprint density at radius 2 is 1.77 bits per heavy atom. The zero-order valence-electron chi connectivity index (χ0n) is 13.3. The van der Waals surface area contributed by atoms with Gasteiger partial charge in [-0.1, -0.05) is 25.1 Å². The average Bonchev–Trinajstić information content (AvgIpc) is 2.56. The lowest BCUT2D eigenvalue weighted by Crippen LogP contribution is -2.50. The van der Waals surface area contributed by atoms with E-state index in [4.69, 9.17) is 0 Å². The van der Waals surface area contributed by atoms with Crippen molar-refractivity contribution in [3.05, 3.63) is 35.9 Å². The van der Waals surface area contributed by atoms with E-state index in [9.17, 15) is 9.59 Å². The molecular weight excluding hydrogens is 278 g/mol. The van der Waals surface area contributed by atoms with E-state index >= 15 is 0 Å². The fourth-order valence-electron chi connectivity index (χ4n) is 2.61. The number of amides is 2. The van der Waals surface area contributed by atoms with E-state index in [0.717, 1.165) is 44.7 Å². The van der Waals surface area contributed by atoms with Gasteiger partial charge in [0.25, 0.3) is 5.91 Å². The summed E-state index contributed by atoms with van der Waals surface area (Å²) in [6, 6.07) is 9.42. The summed E-state index contributed by atoms with van der Waals surface area (Å²) in [6.07, 6.45) is 1.48. The van der Waals surface area contributed by atoms with Crippen LogP contribution in [0.25, 0.3) is 0 Å². The number of rotatable bonds is 6. The van der Waals surface area contributed by atoms with Gasteiger partial charge in [0.05, 0.1) is 0 Å². The van der Waals surface area contributed by atoms with Crippen molar-refractivity contribution in [2.24, 2.45) is 0 Å². The van der Waals surface area contributed by atoms with Gasteiger partial charge in [0.1, 0.15) is 0 Å². The van der Waals surface area contributed by atoms with Crippen molar-refractivity contribution in [2.45, 2.75) is 19.8 Å². The van der Waals surface area contributed by atoms with Gasteiger partial charge < -0.3 is 10.2 Å². The molecule has 5 heteroatoms. The molecule has 1 saturated heterocycles. The lowest BCUT2D eigenvalue weighted by molar-refractivity contribution is -0.121. The van der Waals surface area contributed by atoms with Crippen LogP contribution < -0.4 is 5.32 Å². The Morgan fingerprint density at radius 3 is 2.41 bits per heavy atom. The Hall–Kier alpha value is -1.88. The molecule has 1 aliphatic heterocycles. The van der Waals surface area contributed by atoms with Gasteiger partial charge >= 0.3 is 0 Å². The molecule has 0 unspecified atom stereocenters. The van der Waals surface area contributed by atoms with Crippen molar-refractivity contribution in [3.8, 4) is 0 Å². The first kappa shape index (κ1) is 16.5. The maximum atomic E-state index is 12.3. The summed E-state index contributed by atoms with van der Waals surface area (Å²) < 4.78 is 0. The van der Waals surface area contributed by atoms with Crippen LogP contribution in [0.1, 0.15) is 30.1 Å². The first-order valence-electron chi connectivity index (χ1n) is 8.04. The molecule has 1 fully saturated rings. The van der Waals surface area contributed by atoms with E-state index in [2.05, 4.69) is 10.2 Å². The number of hydrogen-bond donors (Lipinski definition) is 1. The normalized spacial score (nSPS) is 15.6. The Labute approximate surface area is 132 Å². The first-order valence-corrected chi connectivity index (χ1v) is 8.04. The number of nitrogens with zero attached hydrogens (tertiary/aromatic N) is 2. The van der Waals surface area contributed by atoms with E-state index in [1.807, 2.05) is 42.2 Å². The predicted molar refractivity (Wildman–Crippen MR) is 86.7 cm³/mol. The molecule has 120 valence electrons. The average molecular weight is 303 g/mol. The van der Waals surface area contributed by atoms with Gasteiger partial charge in [-0.2, -0.15) is 0 Å². The van der Waals surface area contributed by atoms with Gasteiger partial charge in [0, 0.05) is 51.3 Å². The van der Waals surface area contributed by atoms with Gasteiger partial charge in [-0.25, -0.2) is 0 Å². The lowest BCUT2D eigenvalue weighted by atomic mass is 10.2. The third-order valence-corrected chi connectivity index (χ3v) is 3.91. The van der Waals surface area contributed by atoms with Gasteiger partial charge in [-0.05, 0) is 18.6 Å². The predicted octanol–water partition coefficient (Wildman–Crippen LogP) is 1.36. The zero-order chi connectivity index (χ0) is 15.8. The van der Waals surface area contributed by atoms with Crippen LogP contribution >= 0.6 is 0 Å². The molecule has 1 aromatic carbocycles. The van der Waals surface area contributed by atoms with E-state index in [1.165, 1.54) is 0 Å². The number of benzene rings is 1. The van der Waals surface area contributed by atoms with E-state index in [0.29, 0.717) is 13.0 Å². The summed E-state index contributed by atoms with van der Waals surface area (Å²) in [7, 11) is 0. The summed E-state index contributed by atoms with van der Waals surface area (Å²) in [6.45, 7) is 6.76. The first-order chi connectivity index (χ1) is 10.7. The maximum absolute atomic E-state index is 12.3. The van der Waals surface area contributed by atoms with Gasteiger partial charge in [0.2, 0.25) is 5.91 Å². The van der Waals surface area contributed by atoms with Gasteiger partial charge in [0.15, 0.2) is 0 Å². The second kappa shape index (κ2) is 8.54. The molecule has 0 saturated carbocycles. The highest BCUT2D eigenvalue weighted by Crippen LogP contribution is 2.08. The SMILES string of the molecule is CCCC(=O)NCCN1CCN(C(=O)c2ccccc2)CC1. The zero-order valence-corrected chi connectivity index (χ0v) is 13.3. The molecule has 2 amide bonds. The fraction of sp³-hybridized carbons (Fsp3) is 0.529. The summed E-state index contributed by atoms with van der Waals surface area (Å²) in [5.74, 6) is 0.233. The van der Waals surface area contributed by atoms with Crippen LogP contribution in [-0.4, -0.2) is 60.9 Å². The highest BCUT2D eigenvalue weighted by Gasteiger charge is 2.21. The van der Waals surface area contributed by atoms with Crippen molar-refractivity contribution >= 4 is 11.8 Å². The second-order valence-corrected chi connectivity index (χ2v) is 5.60. The van der Waals surface area contributed by atoms with Crippen LogP contribution in [0.4, 0.5) is 0 Å². The van der Waals surface area contributed by atoms with E-state index < -0.39 is 0 Å². The van der Waals surface area contributed by atoms with Crippen LogP contribution in [0.15, 0.2) is 30.3 Å². The van der Waals surface area contributed by atoms with Crippen molar-refractivity contribution in [1.29, 1.82) is 0 Å². The molecule has 1 heterocycles. The molecule has 2 rings (SSSR count). The van der Waals surface area contributed by atoms with E-state index in [1.54, 1.807) is 0 Å². The van der Waals surface area contributed by atoms with Crippen molar-refractivity contribution < 1.29 is 9.59 Å². The third-order valence-electron chi connectivity index (χ3n) is 3.91. The highest BCUT2D eigenvalue weighted by molar-refractivity contribution is 5.94. The van der Waals surface area contributed by atoms with E-state index in [-0.39, 0.29) is 11.8 Å². The molecule has 5 nitrogen and oxygen atoms in total. The number of piperazine rings is 1. The quantitative estimate of drug-likeness (QED) is 0.863. The smallest absolute Gasteiger partial charge is 0.253 e. The Bertz CT molecular complexity index is 482. The molecule has 22 heavy (non-hydrogen) atoms. The van der Waals surface area contributed by atoms with Crippen LogP contribution in [0.5, 0.6) is 0 Å². The number of hydrogen-bond acceptors (Lipinski definition) is 3. The number of carbonyl (C=O) groups excluding carboxylic acids is 2. The summed E-state index contributed by atoms with van der Waals surface area (Å²) in [4.78, 5) is 27.9. The molecule has 0 radical (unpaired) electrons. The number of carbonyl (C=O) groups is 2. The minimum atomic E-state index is 0.108. The minimum Gasteiger partial charge on any atom is -0.355 e. The molecule has 0 bridgehead atoms. The molecule has 1 N–H and O–H groups in total. The fourth-order valence-corrected chi connectivity index (χ4v) is 2.61. The summed E-state index contributed by atoms with van der Waals surface area (Å²) in [5.41, 5.74) is 0.753. The highest BCUT2D eigenvalue weighted by atomic mass is 16.2. The van der Waals surface area contributed by atoms with Gasteiger partial charge in [-0.15, -0.1) is 0 Å². The van der Waals surface area contributed by atoms with Crippen LogP contribution in [0.2, 0.25) is 0 Å². The standard InChI is InChI=1S/C17H25N3O2/c1-2-6-16(21)18-9-10-19-11-13-20(14-12-19)17(22)15-7-4-3-5-8-15/h3-5,7-8H,2,6,9-14H2,1H3,(H,18,21). The summed E-state index contributed by atoms with van der Waals surface area (Å²) >= 11 is 0. The molecular formula is C17H25N3O2. The molecule has 0 atom stereocenters. The van der Waals surface area contributed by atoms with Crippen LogP contribution in [-0.2, 0) is 4.79 Å². The van der Waals surface area contributed by atoms with Crippen LogP contribution in [0.3, 0.4) is 0 Å². The molecule has 1 aliphatic rings. The maximum Gasteiger partial charge on any atom is 0.253 e. The molecule has 0 spiro atoms. The summed E-state index contributed by atoms with van der Waals surface area (Å²) in [5, 5.41) is 2.93. The Balaban J connectivity index is 1.70. The van der Waals surface area contributed by atoms with Crippen molar-refractivity contribution in [1.82, 2.24) is 15.1 Å². The Kier molecular flexibility index (Phi) is 6.40. The Morgan fingerprint density at radius 1 is 1.09 bits per heavy atom. The van der Waals surface area contributed by atoms with Crippen LogP contribution in [0, 0.1) is 0 Å². The minimum absolute atomic E-state index is 0.108. The van der Waals surface area contributed by atoms with Crippen molar-refractivity contribution in [3.63, 3.8) is 0 Å². The lowest BCUT2D eigenvalue weighted by Gasteiger charge is -2.34. The van der Waals surface area contributed by atoms with Gasteiger partial charge in [-0.3, -0.25) is 14.5 Å². The molecule has 1 aromatic rings. The number of nitrogens with one attached hydrogen (secondary N) is 1. The topological polar surface area (TPSA) is 52.7 Å². The third kappa shape index (κ3) is 4.84. The van der Waals surface area contributed by atoms with Crippen molar-refractivity contribution in [2.75, 3.05) is 39.3 Å². The molecule has 0 aromatic heterocycles. The monoisotopic (exact) mass is 303 g/mol.